The van der Waals surface area contributed by atoms with Gasteiger partial charge in [0.05, 0.1) is 17.9 Å². The van der Waals surface area contributed by atoms with E-state index < -0.39 is 29.2 Å². The van der Waals surface area contributed by atoms with Crippen LogP contribution in [-0.2, 0) is 19.1 Å². The Morgan fingerprint density at radius 3 is 2.54 bits per heavy atom. The average molecular weight is 545 g/mol. The fourth-order valence-corrected chi connectivity index (χ4v) is 9.43. The van der Waals surface area contributed by atoms with Crippen molar-refractivity contribution in [1.82, 2.24) is 0 Å². The van der Waals surface area contributed by atoms with Crippen molar-refractivity contribution in [1.29, 1.82) is 0 Å². The maximum absolute atomic E-state index is 13.3. The molecular weight excluding hydrogens is 492 g/mol. The van der Waals surface area contributed by atoms with Gasteiger partial charge in [0, 0.05) is 11.8 Å². The first-order valence-electron chi connectivity index (χ1n) is 15.7. The molecule has 5 aliphatic rings. The number of fused-ring (bicyclic) bond motifs is 4. The first-order valence-corrected chi connectivity index (χ1v) is 15.7. The molecule has 6 heteroatoms. The minimum absolute atomic E-state index is 0.00673. The Morgan fingerprint density at radius 1 is 1.18 bits per heavy atom. The number of aliphatic hydroxyl groups excluding tert-OH is 1. The lowest BCUT2D eigenvalue weighted by Crippen LogP contribution is -2.63. The highest BCUT2D eigenvalue weighted by Crippen LogP contribution is 2.67. The number of allylic oxidation sites excluding steroid dienone is 1. The molecule has 1 aliphatic heterocycles. The van der Waals surface area contributed by atoms with E-state index in [1.807, 2.05) is 20.8 Å². The maximum Gasteiger partial charge on any atom is 0.311 e. The molecule has 0 bridgehead atoms. The van der Waals surface area contributed by atoms with Gasteiger partial charge in [-0.05, 0) is 101 Å². The summed E-state index contributed by atoms with van der Waals surface area (Å²) in [7, 11) is 0. The average Bonchev–Trinajstić information content (AvgIpc) is 3.26. The summed E-state index contributed by atoms with van der Waals surface area (Å²) in [6.45, 7) is 15.1. The third-order valence-electron chi connectivity index (χ3n) is 12.4. The normalized spacial score (nSPS) is 44.4. The van der Waals surface area contributed by atoms with Gasteiger partial charge in [0.25, 0.3) is 0 Å². The van der Waals surface area contributed by atoms with Gasteiger partial charge in [0.1, 0.15) is 17.8 Å². The van der Waals surface area contributed by atoms with Crippen LogP contribution in [0.3, 0.4) is 0 Å². The molecule has 39 heavy (non-hydrogen) atoms. The smallest absolute Gasteiger partial charge is 0.311 e. The van der Waals surface area contributed by atoms with E-state index >= 15 is 0 Å². The van der Waals surface area contributed by atoms with Crippen LogP contribution in [0.25, 0.3) is 0 Å². The molecule has 2 N–H and O–H groups in total. The van der Waals surface area contributed by atoms with Gasteiger partial charge in [-0.1, -0.05) is 45.8 Å². The number of aliphatic hydroxyl groups is 2. The van der Waals surface area contributed by atoms with E-state index in [1.165, 1.54) is 0 Å². The van der Waals surface area contributed by atoms with Crippen LogP contribution in [0.15, 0.2) is 11.1 Å². The summed E-state index contributed by atoms with van der Waals surface area (Å²) in [6, 6.07) is 0. The van der Waals surface area contributed by atoms with Crippen molar-refractivity contribution in [3.8, 4) is 0 Å². The third-order valence-corrected chi connectivity index (χ3v) is 12.4. The van der Waals surface area contributed by atoms with E-state index in [4.69, 9.17) is 9.47 Å². The first kappa shape index (κ1) is 29.1. The Kier molecular flexibility index (Phi) is 7.36. The Morgan fingerprint density at radius 2 is 1.90 bits per heavy atom. The van der Waals surface area contributed by atoms with E-state index in [0.29, 0.717) is 18.8 Å². The molecular formula is C33H52O6. The van der Waals surface area contributed by atoms with Gasteiger partial charge < -0.3 is 19.7 Å². The van der Waals surface area contributed by atoms with Crippen LogP contribution in [0, 0.1) is 39.9 Å². The number of carbonyl (C=O) groups is 2. The zero-order valence-electron chi connectivity index (χ0n) is 25.3. The molecule has 0 aromatic carbocycles. The Balaban J connectivity index is 1.50. The van der Waals surface area contributed by atoms with Crippen LogP contribution in [0.5, 0.6) is 0 Å². The summed E-state index contributed by atoms with van der Waals surface area (Å²) in [5, 5.41) is 22.7. The molecule has 0 amide bonds. The van der Waals surface area contributed by atoms with Crippen molar-refractivity contribution in [2.75, 3.05) is 0 Å². The number of hydrogen-bond donors (Lipinski definition) is 2. The molecule has 220 valence electrons. The lowest BCUT2D eigenvalue weighted by atomic mass is 9.44. The van der Waals surface area contributed by atoms with Crippen LogP contribution in [-0.4, -0.2) is 46.1 Å². The van der Waals surface area contributed by atoms with Gasteiger partial charge in [-0.15, -0.1) is 0 Å². The molecule has 1 saturated heterocycles. The molecule has 0 radical (unpaired) electrons. The standard InChI is InChI=1S/C33H52O6/c1-8-30(4,5)29(36)39-26-16-24-22(23-10-9-13-31(23,26)6)12-11-20-17-33(37,25(19(2)3)18-32(20,24)7)27-14-21(34)15-28(35)38-27/h19-21,24-27,34,37H,8-18H2,1-7H3/t20-,21-,24+,25-,26+,27-,31-,32+,33+/m1/s1. The molecule has 0 spiro atoms. The molecule has 4 aliphatic carbocycles. The quantitative estimate of drug-likeness (QED) is 0.320. The molecule has 0 unspecified atom stereocenters. The zero-order chi connectivity index (χ0) is 28.5. The SMILES string of the molecule is CCC(C)(C)C(=O)O[C@H]1C[C@H]2C(=C3CCC[C@]31C)CC[C@@H]1C[C@@](O)([C@H]3C[C@@H](O)CC(=O)O3)[C@@H](C(C)C)C[C@@]12C. The Labute approximate surface area is 235 Å². The molecule has 9 atom stereocenters. The van der Waals surface area contributed by atoms with Crippen LogP contribution < -0.4 is 0 Å². The molecule has 1 heterocycles. The van der Waals surface area contributed by atoms with Crippen molar-refractivity contribution in [2.45, 2.75) is 143 Å². The number of cyclic esters (lactones) is 1. The van der Waals surface area contributed by atoms with Gasteiger partial charge >= 0.3 is 11.9 Å². The predicted molar refractivity (Wildman–Crippen MR) is 150 cm³/mol. The minimum Gasteiger partial charge on any atom is -0.461 e. The zero-order valence-corrected chi connectivity index (χ0v) is 25.3. The molecule has 4 fully saturated rings. The molecule has 6 nitrogen and oxygen atoms in total. The van der Waals surface area contributed by atoms with Crippen LogP contribution in [0.4, 0.5) is 0 Å². The Bertz CT molecular complexity index is 1030. The van der Waals surface area contributed by atoms with E-state index in [0.717, 1.165) is 51.4 Å². The third kappa shape index (κ3) is 4.60. The molecule has 0 aromatic heterocycles. The fourth-order valence-electron chi connectivity index (χ4n) is 9.43. The number of rotatable bonds is 5. The van der Waals surface area contributed by atoms with Crippen molar-refractivity contribution >= 4 is 11.9 Å². The lowest BCUT2D eigenvalue weighted by molar-refractivity contribution is -0.225. The summed E-state index contributed by atoms with van der Waals surface area (Å²) < 4.78 is 12.2. The number of hydrogen-bond acceptors (Lipinski definition) is 6. The Hall–Kier alpha value is -1.40. The van der Waals surface area contributed by atoms with Gasteiger partial charge in [0.15, 0.2) is 0 Å². The van der Waals surface area contributed by atoms with E-state index in [9.17, 15) is 19.8 Å². The number of ether oxygens (including phenoxy) is 2. The maximum atomic E-state index is 13.3. The largest absolute Gasteiger partial charge is 0.461 e. The lowest BCUT2D eigenvalue weighted by Gasteiger charge is -2.62. The highest BCUT2D eigenvalue weighted by Gasteiger charge is 2.63. The van der Waals surface area contributed by atoms with Crippen molar-refractivity contribution in [2.24, 2.45) is 39.9 Å². The first-order chi connectivity index (χ1) is 18.2. The fraction of sp³-hybridized carbons (Fsp3) is 0.879. The van der Waals surface area contributed by atoms with Crippen LogP contribution in [0.1, 0.15) is 119 Å². The topological polar surface area (TPSA) is 93.1 Å². The van der Waals surface area contributed by atoms with Gasteiger partial charge in [-0.25, -0.2) is 0 Å². The van der Waals surface area contributed by atoms with Crippen molar-refractivity contribution < 1.29 is 29.3 Å². The van der Waals surface area contributed by atoms with E-state index in [-0.39, 0.29) is 47.1 Å². The number of carbonyl (C=O) groups excluding carboxylic acids is 2. The van der Waals surface area contributed by atoms with Crippen LogP contribution >= 0.6 is 0 Å². The predicted octanol–water partition coefficient (Wildman–Crippen LogP) is 6.12. The summed E-state index contributed by atoms with van der Waals surface area (Å²) >= 11 is 0. The second-order valence-electron chi connectivity index (χ2n) is 15.3. The van der Waals surface area contributed by atoms with E-state index in [2.05, 4.69) is 27.7 Å². The van der Waals surface area contributed by atoms with Crippen molar-refractivity contribution in [3.05, 3.63) is 11.1 Å². The summed E-state index contributed by atoms with van der Waals surface area (Å²) in [6.07, 6.45) is 7.18. The summed E-state index contributed by atoms with van der Waals surface area (Å²) in [5.41, 5.74) is 1.42. The summed E-state index contributed by atoms with van der Waals surface area (Å²) in [4.78, 5) is 25.6. The van der Waals surface area contributed by atoms with Gasteiger partial charge in [-0.2, -0.15) is 0 Å². The van der Waals surface area contributed by atoms with Gasteiger partial charge in [-0.3, -0.25) is 9.59 Å². The van der Waals surface area contributed by atoms with E-state index in [1.54, 1.807) is 11.1 Å². The highest BCUT2D eigenvalue weighted by molar-refractivity contribution is 5.76. The summed E-state index contributed by atoms with van der Waals surface area (Å²) in [5.74, 6) is 0.250. The molecule has 3 saturated carbocycles. The van der Waals surface area contributed by atoms with Crippen LogP contribution in [0.2, 0.25) is 0 Å². The molecule has 0 aromatic rings. The van der Waals surface area contributed by atoms with Gasteiger partial charge in [0.2, 0.25) is 0 Å². The highest BCUT2D eigenvalue weighted by atomic mass is 16.6. The minimum atomic E-state index is -1.15. The number of esters is 2. The second-order valence-corrected chi connectivity index (χ2v) is 15.3. The monoisotopic (exact) mass is 544 g/mol. The second kappa shape index (κ2) is 9.86. The molecule has 5 rings (SSSR count). The van der Waals surface area contributed by atoms with Crippen molar-refractivity contribution in [3.63, 3.8) is 0 Å².